The fourth-order valence-corrected chi connectivity index (χ4v) is 7.51. The molecule has 3 aromatic rings. The van der Waals surface area contributed by atoms with Crippen LogP contribution in [0.15, 0.2) is 51.6 Å². The number of hydrogen-bond donors (Lipinski definition) is 1. The molecule has 2 aromatic carbocycles. The summed E-state index contributed by atoms with van der Waals surface area (Å²) >= 11 is 9.07. The number of rotatable bonds is 13. The molecule has 10 heteroatoms. The lowest BCUT2D eigenvalue weighted by molar-refractivity contribution is -0.145. The van der Waals surface area contributed by atoms with Crippen molar-refractivity contribution in [3.8, 4) is 5.75 Å². The molecule has 0 unspecified atom stereocenters. The number of esters is 1. The van der Waals surface area contributed by atoms with Crippen LogP contribution in [0.4, 0.5) is 0 Å². The smallest absolute Gasteiger partial charge is 0.344 e. The van der Waals surface area contributed by atoms with Crippen LogP contribution in [-0.4, -0.2) is 52.2 Å². The van der Waals surface area contributed by atoms with Crippen LogP contribution >= 0.6 is 34.7 Å². The van der Waals surface area contributed by atoms with Crippen LogP contribution in [0.3, 0.4) is 0 Å². The van der Waals surface area contributed by atoms with Gasteiger partial charge in [-0.25, -0.2) is 13.2 Å². The topological polar surface area (TPSA) is 81.7 Å². The second-order valence-corrected chi connectivity index (χ2v) is 12.5. The number of nitrogens with one attached hydrogen (secondary N) is 1. The Bertz CT molecular complexity index is 1210. The van der Waals surface area contributed by atoms with E-state index in [1.54, 1.807) is 24.8 Å². The largest absolute Gasteiger partial charge is 0.482 e. The van der Waals surface area contributed by atoms with Crippen molar-refractivity contribution in [3.63, 3.8) is 0 Å². The Labute approximate surface area is 213 Å². The first-order valence-corrected chi connectivity index (χ1v) is 14.8. The van der Waals surface area contributed by atoms with Gasteiger partial charge in [-0.15, -0.1) is 23.1 Å². The number of aryl methyl sites for hydroxylation is 1. The summed E-state index contributed by atoms with van der Waals surface area (Å²) in [5.74, 6) is 1.20. The van der Waals surface area contributed by atoms with E-state index in [0.29, 0.717) is 34.6 Å². The van der Waals surface area contributed by atoms with Gasteiger partial charge in [0.2, 0.25) is 0 Å². The van der Waals surface area contributed by atoms with Crippen molar-refractivity contribution in [2.75, 3.05) is 37.8 Å². The molecule has 184 valence electrons. The molecule has 0 aliphatic rings. The van der Waals surface area contributed by atoms with E-state index in [1.165, 1.54) is 11.3 Å². The number of hydrogen-bond acceptors (Lipinski definition) is 8. The van der Waals surface area contributed by atoms with E-state index in [0.717, 1.165) is 32.8 Å². The van der Waals surface area contributed by atoms with Crippen molar-refractivity contribution in [1.82, 2.24) is 5.32 Å². The van der Waals surface area contributed by atoms with Crippen molar-refractivity contribution in [2.45, 2.75) is 29.4 Å². The molecule has 0 atom stereocenters. The van der Waals surface area contributed by atoms with E-state index in [2.05, 4.69) is 5.32 Å². The Morgan fingerprint density at radius 1 is 1.15 bits per heavy atom. The summed E-state index contributed by atoms with van der Waals surface area (Å²) in [7, 11) is -3.33. The second-order valence-electron chi connectivity index (χ2n) is 7.49. The molecule has 34 heavy (non-hydrogen) atoms. The van der Waals surface area contributed by atoms with Crippen molar-refractivity contribution in [2.24, 2.45) is 0 Å². The van der Waals surface area contributed by atoms with E-state index < -0.39 is 9.84 Å². The molecule has 0 amide bonds. The average molecular weight is 542 g/mol. The van der Waals surface area contributed by atoms with E-state index in [1.807, 2.05) is 43.3 Å². The molecule has 0 spiro atoms. The maximum absolute atomic E-state index is 12.8. The van der Waals surface area contributed by atoms with Gasteiger partial charge in [-0.1, -0.05) is 11.6 Å². The third-order valence-electron chi connectivity index (χ3n) is 4.94. The van der Waals surface area contributed by atoms with Gasteiger partial charge in [-0.2, -0.15) is 0 Å². The highest BCUT2D eigenvalue weighted by Crippen LogP contribution is 2.36. The third kappa shape index (κ3) is 7.61. The molecular formula is C24H28ClNO5S3. The lowest BCUT2D eigenvalue weighted by atomic mass is 10.2. The number of fused-ring (bicyclic) bond motifs is 1. The molecule has 6 nitrogen and oxygen atoms in total. The minimum absolute atomic E-state index is 0.100. The molecular weight excluding hydrogens is 514 g/mol. The monoisotopic (exact) mass is 541 g/mol. The summed E-state index contributed by atoms with van der Waals surface area (Å²) < 4.78 is 37.3. The molecule has 0 saturated carbocycles. The van der Waals surface area contributed by atoms with Crippen molar-refractivity contribution in [1.29, 1.82) is 0 Å². The Morgan fingerprint density at radius 2 is 1.91 bits per heavy atom. The standard InChI is InChI=1S/C24H28ClNO5S3/c1-3-30-23(27)16-31-19-6-8-20(9-7-19)32-13-12-26-11-4-14-34(28,29)24-17(2)21-15-18(25)5-10-22(21)33-24/h5-10,15,26H,3-4,11-14,16H2,1-2H3. The second kappa shape index (κ2) is 12.8. The number of sulfone groups is 1. The predicted octanol–water partition coefficient (Wildman–Crippen LogP) is 5.35. The molecule has 0 saturated heterocycles. The quantitative estimate of drug-likeness (QED) is 0.177. The van der Waals surface area contributed by atoms with E-state index in [-0.39, 0.29) is 18.3 Å². The van der Waals surface area contributed by atoms with Gasteiger partial charge in [-0.3, -0.25) is 0 Å². The van der Waals surface area contributed by atoms with Crippen LogP contribution in [0, 0.1) is 6.92 Å². The summed E-state index contributed by atoms with van der Waals surface area (Å²) in [6.07, 6.45) is 0.550. The normalized spacial score (nSPS) is 11.6. The number of benzene rings is 2. The predicted molar refractivity (Wildman–Crippen MR) is 140 cm³/mol. The van der Waals surface area contributed by atoms with E-state index >= 15 is 0 Å². The number of thioether (sulfide) groups is 1. The van der Waals surface area contributed by atoms with Crippen LogP contribution in [0.1, 0.15) is 18.9 Å². The van der Waals surface area contributed by atoms with Gasteiger partial charge >= 0.3 is 5.97 Å². The Morgan fingerprint density at radius 3 is 2.65 bits per heavy atom. The zero-order valence-corrected chi connectivity index (χ0v) is 22.3. The van der Waals surface area contributed by atoms with Crippen LogP contribution in [0.25, 0.3) is 10.1 Å². The minimum atomic E-state index is -3.33. The van der Waals surface area contributed by atoms with E-state index in [9.17, 15) is 13.2 Å². The van der Waals surface area contributed by atoms with Crippen LogP contribution < -0.4 is 10.1 Å². The first-order chi connectivity index (χ1) is 16.3. The minimum Gasteiger partial charge on any atom is -0.482 e. The molecule has 3 rings (SSSR count). The average Bonchev–Trinajstić information content (AvgIpc) is 3.14. The first kappa shape index (κ1) is 26.8. The van der Waals surface area contributed by atoms with Gasteiger partial charge in [0.15, 0.2) is 16.4 Å². The van der Waals surface area contributed by atoms with Gasteiger partial charge in [0.05, 0.1) is 12.4 Å². The van der Waals surface area contributed by atoms with Gasteiger partial charge in [0, 0.05) is 26.9 Å². The number of halogens is 1. The van der Waals surface area contributed by atoms with Crippen molar-refractivity contribution < 1.29 is 22.7 Å². The molecule has 0 aliphatic carbocycles. The number of thiophene rings is 1. The molecule has 0 radical (unpaired) electrons. The summed E-state index contributed by atoms with van der Waals surface area (Å²) in [5, 5.41) is 4.83. The van der Waals surface area contributed by atoms with Crippen LogP contribution in [0.5, 0.6) is 5.75 Å². The van der Waals surface area contributed by atoms with E-state index in [4.69, 9.17) is 21.1 Å². The van der Waals surface area contributed by atoms with Crippen molar-refractivity contribution >= 4 is 60.6 Å². The van der Waals surface area contributed by atoms with Crippen LogP contribution in [0.2, 0.25) is 5.02 Å². The van der Waals surface area contributed by atoms with Gasteiger partial charge in [0.25, 0.3) is 0 Å². The summed E-state index contributed by atoms with van der Waals surface area (Å²) in [4.78, 5) is 12.4. The fraction of sp³-hybridized carbons (Fsp3) is 0.375. The fourth-order valence-electron chi connectivity index (χ4n) is 3.29. The van der Waals surface area contributed by atoms with Gasteiger partial charge in [0.1, 0.15) is 9.96 Å². The van der Waals surface area contributed by atoms with Gasteiger partial charge < -0.3 is 14.8 Å². The number of ether oxygens (including phenoxy) is 2. The lowest BCUT2D eigenvalue weighted by Crippen LogP contribution is -2.21. The first-order valence-electron chi connectivity index (χ1n) is 10.9. The molecule has 1 heterocycles. The zero-order valence-electron chi connectivity index (χ0n) is 19.1. The highest BCUT2D eigenvalue weighted by Gasteiger charge is 2.21. The summed E-state index contributed by atoms with van der Waals surface area (Å²) in [5.41, 5.74) is 0.782. The van der Waals surface area contributed by atoms with Gasteiger partial charge in [-0.05, 0) is 80.2 Å². The number of carbonyl (C=O) groups excluding carboxylic acids is 1. The molecule has 1 aromatic heterocycles. The lowest BCUT2D eigenvalue weighted by Gasteiger charge is -2.08. The Kier molecular flexibility index (Phi) is 10.1. The molecule has 0 aliphatic heterocycles. The number of carbonyl (C=O) groups is 1. The SMILES string of the molecule is CCOC(=O)COc1ccc(SCCNCCCS(=O)(=O)c2sc3ccc(Cl)cc3c2C)cc1. The Balaban J connectivity index is 1.35. The highest BCUT2D eigenvalue weighted by molar-refractivity contribution is 7.99. The Hall–Kier alpha value is -1.78. The van der Waals surface area contributed by atoms with Crippen LogP contribution in [-0.2, 0) is 19.4 Å². The summed E-state index contributed by atoms with van der Waals surface area (Å²) in [6, 6.07) is 13.0. The highest BCUT2D eigenvalue weighted by atomic mass is 35.5. The maximum Gasteiger partial charge on any atom is 0.344 e. The molecule has 0 bridgehead atoms. The third-order valence-corrected chi connectivity index (χ3v) is 9.96. The summed E-state index contributed by atoms with van der Waals surface area (Å²) in [6.45, 7) is 5.24. The molecule has 1 N–H and O–H groups in total. The molecule has 0 fully saturated rings. The maximum atomic E-state index is 12.8. The van der Waals surface area contributed by atoms with Crippen molar-refractivity contribution in [3.05, 3.63) is 53.1 Å². The zero-order chi connectivity index (χ0) is 24.6.